The summed E-state index contributed by atoms with van der Waals surface area (Å²) in [6.07, 6.45) is 2.41. The van der Waals surface area contributed by atoms with E-state index in [0.29, 0.717) is 24.6 Å². The highest BCUT2D eigenvalue weighted by Gasteiger charge is 2.54. The van der Waals surface area contributed by atoms with Crippen molar-refractivity contribution >= 4 is 5.97 Å². The lowest BCUT2D eigenvalue weighted by Crippen LogP contribution is -2.24. The number of carboxylic acid groups (broad SMARTS) is 1. The zero-order valence-electron chi connectivity index (χ0n) is 11.4. The Labute approximate surface area is 112 Å². The van der Waals surface area contributed by atoms with Crippen LogP contribution in [-0.4, -0.2) is 46.1 Å². The van der Waals surface area contributed by atoms with E-state index in [2.05, 4.69) is 21.9 Å². The van der Waals surface area contributed by atoms with Gasteiger partial charge in [0, 0.05) is 23.9 Å². The van der Waals surface area contributed by atoms with E-state index in [-0.39, 0.29) is 0 Å². The van der Waals surface area contributed by atoms with Crippen molar-refractivity contribution in [3.05, 3.63) is 23.3 Å². The highest BCUT2D eigenvalue weighted by atomic mass is 16.4. The molecule has 0 amide bonds. The average Bonchev–Trinajstić information content (AvgIpc) is 3.06. The van der Waals surface area contributed by atoms with Crippen LogP contribution in [-0.2, 0) is 10.2 Å². The monoisotopic (exact) mass is 261 g/mol. The number of hydrogen-bond donors (Lipinski definition) is 1. The Bertz CT molecular complexity index is 525. The van der Waals surface area contributed by atoms with Gasteiger partial charge in [0.15, 0.2) is 0 Å². The number of hydrogen-bond acceptors (Lipinski definition) is 4. The number of likely N-dealkylation sites (tertiary alicyclic amines) is 1. The van der Waals surface area contributed by atoms with Crippen molar-refractivity contribution in [3.8, 4) is 0 Å². The Kier molecular flexibility index (Phi) is 2.82. The molecule has 19 heavy (non-hydrogen) atoms. The summed E-state index contributed by atoms with van der Waals surface area (Å²) in [6, 6.07) is 2.01. The third-order valence-corrected chi connectivity index (χ3v) is 4.27. The molecule has 3 rings (SSSR count). The fraction of sp³-hybridized carbons (Fsp3) is 0.643. The molecule has 0 aromatic carbocycles. The lowest BCUT2D eigenvalue weighted by molar-refractivity contribution is -0.140. The van der Waals surface area contributed by atoms with Gasteiger partial charge in [-0.05, 0) is 45.8 Å². The number of carbonyl (C=O) groups is 1. The fourth-order valence-corrected chi connectivity index (χ4v) is 2.85. The first-order valence-electron chi connectivity index (χ1n) is 6.79. The summed E-state index contributed by atoms with van der Waals surface area (Å²) < 4.78 is 0. The molecule has 2 fully saturated rings. The maximum Gasteiger partial charge on any atom is 0.317 e. The predicted octanol–water partition coefficient (Wildman–Crippen LogP) is 1.32. The minimum atomic E-state index is -0.800. The van der Waals surface area contributed by atoms with Gasteiger partial charge in [-0.2, -0.15) is 0 Å². The van der Waals surface area contributed by atoms with Crippen LogP contribution in [0.5, 0.6) is 0 Å². The molecule has 1 aromatic heterocycles. The molecule has 2 heterocycles. The minimum Gasteiger partial charge on any atom is -0.480 e. The molecule has 5 nitrogen and oxygen atoms in total. The third kappa shape index (κ3) is 2.12. The van der Waals surface area contributed by atoms with Gasteiger partial charge in [0.05, 0.1) is 0 Å². The molecular formula is C14H19N3O2. The fourth-order valence-electron chi connectivity index (χ4n) is 2.85. The number of aromatic nitrogens is 2. The molecule has 1 aliphatic heterocycles. The number of aryl methyl sites for hydroxylation is 1. The largest absolute Gasteiger partial charge is 0.480 e. The molecule has 1 saturated carbocycles. The average molecular weight is 261 g/mol. The van der Waals surface area contributed by atoms with Gasteiger partial charge in [-0.3, -0.25) is 4.79 Å². The normalized spacial score (nSPS) is 25.5. The molecule has 0 bridgehead atoms. The Hall–Kier alpha value is -1.49. The molecule has 0 radical (unpaired) electrons. The van der Waals surface area contributed by atoms with Crippen LogP contribution in [0, 0.1) is 6.92 Å². The van der Waals surface area contributed by atoms with Crippen LogP contribution in [0.3, 0.4) is 0 Å². The second kappa shape index (κ2) is 4.27. The number of aliphatic carboxylic acids is 1. The van der Waals surface area contributed by atoms with Gasteiger partial charge in [0.1, 0.15) is 11.2 Å². The van der Waals surface area contributed by atoms with Crippen LogP contribution >= 0.6 is 0 Å². The van der Waals surface area contributed by atoms with Crippen molar-refractivity contribution in [3.63, 3.8) is 0 Å². The van der Waals surface area contributed by atoms with Crippen molar-refractivity contribution in [1.29, 1.82) is 0 Å². The molecular weight excluding hydrogens is 242 g/mol. The van der Waals surface area contributed by atoms with E-state index in [1.165, 1.54) is 0 Å². The zero-order valence-corrected chi connectivity index (χ0v) is 11.4. The number of rotatable bonds is 3. The molecule has 1 saturated heterocycles. The lowest BCUT2D eigenvalue weighted by atomic mass is 10.0. The van der Waals surface area contributed by atoms with Crippen molar-refractivity contribution in [2.75, 3.05) is 20.1 Å². The van der Waals surface area contributed by atoms with E-state index in [4.69, 9.17) is 0 Å². The standard InChI is InChI=1S/C14H19N3O2/c1-9-7-11(10-3-6-17(2)8-10)16-12(15-9)14(4-5-14)13(18)19/h7,10H,3-6,8H2,1-2H3,(H,18,19). The van der Waals surface area contributed by atoms with E-state index >= 15 is 0 Å². The van der Waals surface area contributed by atoms with E-state index in [1.54, 1.807) is 0 Å². The Morgan fingerprint density at radius 1 is 1.47 bits per heavy atom. The predicted molar refractivity (Wildman–Crippen MR) is 70.2 cm³/mol. The minimum absolute atomic E-state index is 0.412. The first kappa shape index (κ1) is 12.5. The second-order valence-electron chi connectivity index (χ2n) is 5.89. The first-order valence-corrected chi connectivity index (χ1v) is 6.79. The van der Waals surface area contributed by atoms with Crippen molar-refractivity contribution in [2.45, 2.75) is 37.5 Å². The lowest BCUT2D eigenvalue weighted by Gasteiger charge is -2.14. The summed E-state index contributed by atoms with van der Waals surface area (Å²) in [7, 11) is 2.11. The molecule has 5 heteroatoms. The van der Waals surface area contributed by atoms with E-state index in [1.807, 2.05) is 13.0 Å². The van der Waals surface area contributed by atoms with Crippen LogP contribution < -0.4 is 0 Å². The molecule has 102 valence electrons. The van der Waals surface area contributed by atoms with Gasteiger partial charge >= 0.3 is 5.97 Å². The maximum absolute atomic E-state index is 11.4. The van der Waals surface area contributed by atoms with Gasteiger partial charge in [-0.25, -0.2) is 9.97 Å². The molecule has 1 unspecified atom stereocenters. The van der Waals surface area contributed by atoms with Gasteiger partial charge < -0.3 is 10.0 Å². The summed E-state index contributed by atoms with van der Waals surface area (Å²) in [4.78, 5) is 22.6. The van der Waals surface area contributed by atoms with Crippen molar-refractivity contribution in [1.82, 2.24) is 14.9 Å². The highest BCUT2D eigenvalue weighted by molar-refractivity contribution is 5.83. The quantitative estimate of drug-likeness (QED) is 0.889. The maximum atomic E-state index is 11.4. The van der Waals surface area contributed by atoms with Crippen LogP contribution in [0.4, 0.5) is 0 Å². The van der Waals surface area contributed by atoms with Crippen LogP contribution in [0.25, 0.3) is 0 Å². The van der Waals surface area contributed by atoms with Crippen LogP contribution in [0.2, 0.25) is 0 Å². The summed E-state index contributed by atoms with van der Waals surface area (Å²) in [5.41, 5.74) is 1.09. The zero-order chi connectivity index (χ0) is 13.6. The van der Waals surface area contributed by atoms with Gasteiger partial charge in [-0.1, -0.05) is 0 Å². The molecule has 0 spiro atoms. The second-order valence-corrected chi connectivity index (χ2v) is 5.89. The first-order chi connectivity index (χ1) is 9.01. The highest BCUT2D eigenvalue weighted by Crippen LogP contribution is 2.47. The molecule has 1 N–H and O–H groups in total. The van der Waals surface area contributed by atoms with E-state index < -0.39 is 11.4 Å². The Balaban J connectivity index is 1.95. The molecule has 2 aliphatic rings. The Morgan fingerprint density at radius 2 is 2.21 bits per heavy atom. The molecule has 1 atom stereocenters. The number of likely N-dealkylation sites (N-methyl/N-ethyl adjacent to an activating group) is 1. The summed E-state index contributed by atoms with van der Waals surface area (Å²) >= 11 is 0. The number of carboxylic acids is 1. The van der Waals surface area contributed by atoms with E-state index in [0.717, 1.165) is 30.9 Å². The third-order valence-electron chi connectivity index (χ3n) is 4.27. The number of nitrogens with zero attached hydrogens (tertiary/aromatic N) is 3. The smallest absolute Gasteiger partial charge is 0.317 e. The van der Waals surface area contributed by atoms with Gasteiger partial charge in [-0.15, -0.1) is 0 Å². The summed E-state index contributed by atoms with van der Waals surface area (Å²) in [5.74, 6) is 0.146. The van der Waals surface area contributed by atoms with Crippen LogP contribution in [0.1, 0.15) is 42.4 Å². The van der Waals surface area contributed by atoms with Gasteiger partial charge in [0.2, 0.25) is 0 Å². The molecule has 1 aromatic rings. The van der Waals surface area contributed by atoms with E-state index in [9.17, 15) is 9.90 Å². The topological polar surface area (TPSA) is 66.3 Å². The van der Waals surface area contributed by atoms with Gasteiger partial charge in [0.25, 0.3) is 0 Å². The summed E-state index contributed by atoms with van der Waals surface area (Å²) in [6.45, 7) is 3.99. The molecule has 1 aliphatic carbocycles. The van der Waals surface area contributed by atoms with Crippen molar-refractivity contribution in [2.24, 2.45) is 0 Å². The summed E-state index contributed by atoms with van der Waals surface area (Å²) in [5, 5.41) is 9.36. The van der Waals surface area contributed by atoms with Crippen molar-refractivity contribution < 1.29 is 9.90 Å². The SMILES string of the molecule is Cc1cc(C2CCN(C)C2)nc(C2(C(=O)O)CC2)n1. The Morgan fingerprint density at radius 3 is 2.74 bits per heavy atom. The van der Waals surface area contributed by atoms with Crippen LogP contribution in [0.15, 0.2) is 6.07 Å².